The van der Waals surface area contributed by atoms with Gasteiger partial charge >= 0.3 is 6.03 Å². The lowest BCUT2D eigenvalue weighted by molar-refractivity contribution is 0.158. The molecule has 5 heterocycles. The van der Waals surface area contributed by atoms with Crippen LogP contribution in [-0.2, 0) is 5.41 Å². The molecule has 2 saturated heterocycles. The first-order chi connectivity index (χ1) is 17.9. The van der Waals surface area contributed by atoms with Crippen molar-refractivity contribution in [3.63, 3.8) is 0 Å². The van der Waals surface area contributed by atoms with Crippen molar-refractivity contribution in [2.45, 2.75) is 37.4 Å². The summed E-state index contributed by atoms with van der Waals surface area (Å²) in [6.07, 6.45) is 4.03. The SMILES string of the molecule is Cc1noc(C)c1-c1nc([C@@]2(C3CS3)CCCN(C(=O)Nc3ccc(N(C)C)cc3)C2)n2ccccc12. The Morgan fingerprint density at radius 3 is 2.65 bits per heavy atom. The van der Waals surface area contributed by atoms with Gasteiger partial charge in [0.25, 0.3) is 0 Å². The Labute approximate surface area is 221 Å². The fourth-order valence-corrected chi connectivity index (χ4v) is 6.69. The average molecular weight is 517 g/mol. The Morgan fingerprint density at radius 1 is 1.19 bits per heavy atom. The fourth-order valence-electron chi connectivity index (χ4n) is 5.65. The van der Waals surface area contributed by atoms with Gasteiger partial charge in [0.1, 0.15) is 17.3 Å². The van der Waals surface area contributed by atoms with Crippen molar-refractivity contribution in [3.05, 3.63) is 65.9 Å². The molecule has 2 amide bonds. The topological polar surface area (TPSA) is 78.9 Å². The fraction of sp³-hybridized carbons (Fsp3) is 0.393. The molecule has 2 atom stereocenters. The summed E-state index contributed by atoms with van der Waals surface area (Å²) in [5.74, 6) is 2.89. The Bertz CT molecular complexity index is 1440. The molecular formula is C28H32N6O2S. The Morgan fingerprint density at radius 2 is 1.97 bits per heavy atom. The van der Waals surface area contributed by atoms with Gasteiger partial charge < -0.3 is 24.0 Å². The third-order valence-electron chi connectivity index (χ3n) is 7.66. The number of likely N-dealkylation sites (tertiary alicyclic amines) is 1. The zero-order valence-corrected chi connectivity index (χ0v) is 22.5. The van der Waals surface area contributed by atoms with Crippen molar-refractivity contribution in [3.8, 4) is 11.3 Å². The van der Waals surface area contributed by atoms with Crippen LogP contribution in [0.2, 0.25) is 0 Å². The Balaban J connectivity index is 1.35. The van der Waals surface area contributed by atoms with Crippen molar-refractivity contribution >= 4 is 34.7 Å². The predicted octanol–water partition coefficient (Wildman–Crippen LogP) is 5.35. The number of carbonyl (C=O) groups is 1. The van der Waals surface area contributed by atoms with Crippen LogP contribution in [0.4, 0.5) is 16.2 Å². The molecule has 1 unspecified atom stereocenters. The van der Waals surface area contributed by atoms with Gasteiger partial charge in [0, 0.05) is 55.8 Å². The third kappa shape index (κ3) is 4.15. The van der Waals surface area contributed by atoms with Crippen LogP contribution in [0.15, 0.2) is 53.2 Å². The first-order valence-corrected chi connectivity index (χ1v) is 13.8. The molecule has 6 rings (SSSR count). The van der Waals surface area contributed by atoms with Gasteiger partial charge in [0.15, 0.2) is 0 Å². The van der Waals surface area contributed by atoms with Gasteiger partial charge in [-0.05, 0) is 63.1 Å². The second kappa shape index (κ2) is 9.13. The van der Waals surface area contributed by atoms with Gasteiger partial charge in [0.05, 0.1) is 22.2 Å². The van der Waals surface area contributed by atoms with E-state index in [1.807, 2.05) is 85.9 Å². The number of piperidine rings is 1. The van der Waals surface area contributed by atoms with Gasteiger partial charge in [-0.1, -0.05) is 11.2 Å². The molecule has 1 aromatic carbocycles. The smallest absolute Gasteiger partial charge is 0.321 e. The number of amides is 2. The number of aromatic nitrogens is 3. The minimum absolute atomic E-state index is 0.0564. The molecule has 9 heteroatoms. The molecule has 0 radical (unpaired) electrons. The summed E-state index contributed by atoms with van der Waals surface area (Å²) in [4.78, 5) is 22.8. The molecule has 0 bridgehead atoms. The van der Waals surface area contributed by atoms with Crippen LogP contribution >= 0.6 is 11.8 Å². The highest BCUT2D eigenvalue weighted by Crippen LogP contribution is 2.51. The third-order valence-corrected chi connectivity index (χ3v) is 8.78. The molecule has 4 aromatic rings. The van der Waals surface area contributed by atoms with E-state index in [1.54, 1.807) is 0 Å². The lowest BCUT2D eigenvalue weighted by atomic mass is 9.76. The maximum atomic E-state index is 13.4. The highest BCUT2D eigenvalue weighted by Gasteiger charge is 2.53. The lowest BCUT2D eigenvalue weighted by Gasteiger charge is -2.42. The van der Waals surface area contributed by atoms with E-state index in [-0.39, 0.29) is 11.4 Å². The van der Waals surface area contributed by atoms with Crippen LogP contribution in [0.3, 0.4) is 0 Å². The van der Waals surface area contributed by atoms with Crippen LogP contribution in [0.1, 0.15) is 30.1 Å². The first-order valence-electron chi connectivity index (χ1n) is 12.7. The van der Waals surface area contributed by atoms with Crippen molar-refractivity contribution < 1.29 is 9.32 Å². The number of anilines is 2. The van der Waals surface area contributed by atoms with E-state index in [1.165, 1.54) is 0 Å². The quantitative estimate of drug-likeness (QED) is 0.360. The van der Waals surface area contributed by atoms with E-state index in [2.05, 4.69) is 27.1 Å². The van der Waals surface area contributed by atoms with Crippen molar-refractivity contribution in [1.82, 2.24) is 19.4 Å². The number of hydrogen-bond donors (Lipinski definition) is 1. The predicted molar refractivity (Wildman–Crippen MR) is 149 cm³/mol. The number of rotatable bonds is 5. The summed E-state index contributed by atoms with van der Waals surface area (Å²) >= 11 is 1.96. The zero-order valence-electron chi connectivity index (χ0n) is 21.7. The molecule has 3 aromatic heterocycles. The Kier molecular flexibility index (Phi) is 5.90. The first kappa shape index (κ1) is 23.9. The van der Waals surface area contributed by atoms with Gasteiger partial charge in [-0.25, -0.2) is 9.78 Å². The number of carbonyl (C=O) groups excluding carboxylic acids is 1. The highest BCUT2D eigenvalue weighted by atomic mass is 32.2. The molecule has 0 aliphatic carbocycles. The number of imidazole rings is 1. The van der Waals surface area contributed by atoms with E-state index in [0.29, 0.717) is 11.8 Å². The monoisotopic (exact) mass is 516 g/mol. The van der Waals surface area contributed by atoms with Gasteiger partial charge in [-0.15, -0.1) is 0 Å². The van der Waals surface area contributed by atoms with Crippen LogP contribution in [0, 0.1) is 13.8 Å². The summed E-state index contributed by atoms with van der Waals surface area (Å²) < 4.78 is 7.72. The molecule has 2 aliphatic heterocycles. The van der Waals surface area contributed by atoms with Crippen LogP contribution in [0.25, 0.3) is 16.8 Å². The van der Waals surface area contributed by atoms with Crippen LogP contribution < -0.4 is 10.2 Å². The van der Waals surface area contributed by atoms with E-state index in [9.17, 15) is 4.79 Å². The zero-order chi connectivity index (χ0) is 25.7. The standard InChI is InChI=1S/C28H32N6O2S/c1-18-24(19(2)36-31-18)25-22-8-5-6-15-34(22)26(30-25)28(23-16-37-23)13-7-14-33(17-28)27(35)29-20-9-11-21(12-10-20)32(3)4/h5-6,8-12,15,23H,7,13-14,16-17H2,1-4H3,(H,29,35)/t23?,28-/m0/s1. The molecule has 0 saturated carbocycles. The lowest BCUT2D eigenvalue weighted by Crippen LogP contribution is -2.53. The van der Waals surface area contributed by atoms with E-state index < -0.39 is 0 Å². The van der Waals surface area contributed by atoms with Crippen molar-refractivity contribution in [2.24, 2.45) is 0 Å². The van der Waals surface area contributed by atoms with E-state index in [0.717, 1.165) is 70.6 Å². The van der Waals surface area contributed by atoms with Crippen LogP contribution in [-0.4, -0.2) is 63.7 Å². The summed E-state index contributed by atoms with van der Waals surface area (Å²) in [7, 11) is 4.01. The molecule has 1 N–H and O–H groups in total. The summed E-state index contributed by atoms with van der Waals surface area (Å²) in [5, 5.41) is 7.74. The van der Waals surface area contributed by atoms with Crippen molar-refractivity contribution in [2.75, 3.05) is 43.2 Å². The van der Waals surface area contributed by atoms with E-state index in [4.69, 9.17) is 9.51 Å². The highest BCUT2D eigenvalue weighted by molar-refractivity contribution is 8.07. The molecule has 2 fully saturated rings. The number of benzene rings is 1. The minimum Gasteiger partial charge on any atom is -0.378 e. The summed E-state index contributed by atoms with van der Waals surface area (Å²) in [5.41, 5.74) is 5.42. The maximum Gasteiger partial charge on any atom is 0.321 e. The maximum absolute atomic E-state index is 13.4. The van der Waals surface area contributed by atoms with Gasteiger partial charge in [-0.2, -0.15) is 11.8 Å². The average Bonchev–Trinajstić information content (AvgIpc) is 3.63. The second-order valence-electron chi connectivity index (χ2n) is 10.3. The number of hydrogen-bond acceptors (Lipinski definition) is 6. The van der Waals surface area contributed by atoms with Crippen molar-refractivity contribution in [1.29, 1.82) is 0 Å². The largest absolute Gasteiger partial charge is 0.378 e. The normalized spacial score (nSPS) is 21.3. The number of urea groups is 1. The summed E-state index contributed by atoms with van der Waals surface area (Å²) in [6.45, 7) is 5.28. The Hall–Kier alpha value is -3.46. The molecule has 192 valence electrons. The molecule has 0 spiro atoms. The molecule has 2 aliphatic rings. The number of aryl methyl sites for hydroxylation is 2. The summed E-state index contributed by atoms with van der Waals surface area (Å²) in [6, 6.07) is 14.1. The van der Waals surface area contributed by atoms with Gasteiger partial charge in [0.2, 0.25) is 0 Å². The van der Waals surface area contributed by atoms with E-state index >= 15 is 0 Å². The second-order valence-corrected chi connectivity index (χ2v) is 11.5. The van der Waals surface area contributed by atoms with Crippen LogP contribution in [0.5, 0.6) is 0 Å². The number of pyridine rings is 1. The minimum atomic E-state index is -0.226. The molecular weight excluding hydrogens is 484 g/mol. The number of fused-ring (bicyclic) bond motifs is 1. The van der Waals surface area contributed by atoms with Gasteiger partial charge in [-0.3, -0.25) is 0 Å². The number of nitrogens with one attached hydrogen (secondary N) is 1. The number of nitrogens with zero attached hydrogens (tertiary/aromatic N) is 5. The molecule has 37 heavy (non-hydrogen) atoms. The number of thioether (sulfide) groups is 1. The molecule has 8 nitrogen and oxygen atoms in total.